The molecule has 0 saturated heterocycles. The smallest absolute Gasteiger partial charge is 0.251 e. The molecule has 3 aromatic rings. The molecular weight excluding hydrogens is 335 g/mol. The Kier molecular flexibility index (Phi) is 3.96. The van der Waals surface area contributed by atoms with Gasteiger partial charge in [-0.3, -0.25) is 9.59 Å². The van der Waals surface area contributed by atoms with Gasteiger partial charge in [0.15, 0.2) is 0 Å². The molecule has 0 radical (unpaired) electrons. The molecule has 130 valence electrons. The summed E-state index contributed by atoms with van der Waals surface area (Å²) in [6, 6.07) is 14.3. The van der Waals surface area contributed by atoms with Crippen molar-refractivity contribution in [2.75, 3.05) is 10.6 Å². The number of anilines is 2. The fraction of sp³-hybridized carbons (Fsp3) is 0.105. The summed E-state index contributed by atoms with van der Waals surface area (Å²) in [5, 5.41) is 9.74. The zero-order chi connectivity index (χ0) is 18.1. The van der Waals surface area contributed by atoms with Crippen LogP contribution in [0.3, 0.4) is 0 Å². The lowest BCUT2D eigenvalue weighted by atomic mass is 10.1. The molecule has 1 aliphatic rings. The van der Waals surface area contributed by atoms with E-state index >= 15 is 0 Å². The second kappa shape index (κ2) is 6.44. The van der Waals surface area contributed by atoms with E-state index < -0.39 is 6.04 Å². The molecule has 2 amide bonds. The Morgan fingerprint density at radius 1 is 1.15 bits per heavy atom. The van der Waals surface area contributed by atoms with Crippen LogP contribution in [0.15, 0.2) is 60.8 Å². The zero-order valence-electron chi connectivity index (χ0n) is 13.6. The van der Waals surface area contributed by atoms with Gasteiger partial charge in [-0.1, -0.05) is 30.3 Å². The van der Waals surface area contributed by atoms with Crippen LogP contribution in [0.4, 0.5) is 15.9 Å². The monoisotopic (exact) mass is 350 g/mol. The summed E-state index contributed by atoms with van der Waals surface area (Å²) < 4.78 is 14.5. The number of amides is 2. The number of aromatic nitrogens is 2. The Morgan fingerprint density at radius 3 is 2.62 bits per heavy atom. The molecule has 0 saturated carbocycles. The standard InChI is InChI=1S/C19H15FN4O2/c20-13-6-8-14(9-7-13)22-17(25)10-16-19(26)23-18-15(11-21-24(16)18)12-4-2-1-3-5-12/h1-9,11,16H,10H2,(H,22,25)(H,23,26)/t16-/m0/s1. The van der Waals surface area contributed by atoms with E-state index in [4.69, 9.17) is 0 Å². The first-order chi connectivity index (χ1) is 12.6. The second-order valence-electron chi connectivity index (χ2n) is 5.98. The highest BCUT2D eigenvalue weighted by atomic mass is 19.1. The fourth-order valence-corrected chi connectivity index (χ4v) is 2.96. The topological polar surface area (TPSA) is 76.0 Å². The van der Waals surface area contributed by atoms with Gasteiger partial charge in [-0.25, -0.2) is 9.07 Å². The van der Waals surface area contributed by atoms with Gasteiger partial charge in [-0.2, -0.15) is 5.10 Å². The summed E-state index contributed by atoms with van der Waals surface area (Å²) in [6.07, 6.45) is 1.61. The third-order valence-electron chi connectivity index (χ3n) is 4.23. The summed E-state index contributed by atoms with van der Waals surface area (Å²) in [7, 11) is 0. The van der Waals surface area contributed by atoms with Crippen LogP contribution >= 0.6 is 0 Å². The van der Waals surface area contributed by atoms with Crippen molar-refractivity contribution in [3.05, 3.63) is 66.6 Å². The Morgan fingerprint density at radius 2 is 1.88 bits per heavy atom. The normalized spacial score (nSPS) is 15.4. The van der Waals surface area contributed by atoms with E-state index in [1.807, 2.05) is 30.3 Å². The number of benzene rings is 2. The molecule has 26 heavy (non-hydrogen) atoms. The average molecular weight is 350 g/mol. The van der Waals surface area contributed by atoms with Crippen LogP contribution in [0.25, 0.3) is 11.1 Å². The van der Waals surface area contributed by atoms with E-state index in [9.17, 15) is 14.0 Å². The maximum atomic E-state index is 12.9. The summed E-state index contributed by atoms with van der Waals surface area (Å²) in [5.74, 6) is -0.422. The lowest BCUT2D eigenvalue weighted by molar-refractivity contribution is -0.123. The third kappa shape index (κ3) is 2.95. The van der Waals surface area contributed by atoms with Crippen LogP contribution in [-0.2, 0) is 9.59 Å². The lowest BCUT2D eigenvalue weighted by Gasteiger charge is -2.09. The number of hydrogen-bond donors (Lipinski definition) is 2. The Balaban J connectivity index is 1.52. The van der Waals surface area contributed by atoms with Crippen molar-refractivity contribution in [3.8, 4) is 11.1 Å². The first kappa shape index (κ1) is 16.0. The quantitative estimate of drug-likeness (QED) is 0.759. The van der Waals surface area contributed by atoms with E-state index in [1.165, 1.54) is 28.9 Å². The third-order valence-corrected chi connectivity index (χ3v) is 4.23. The molecule has 6 nitrogen and oxygen atoms in total. The SMILES string of the molecule is O=C(C[C@H]1C(=O)Nc2c(-c3ccccc3)cnn21)Nc1ccc(F)cc1. The molecule has 0 unspecified atom stereocenters. The van der Waals surface area contributed by atoms with Gasteiger partial charge in [0.1, 0.15) is 17.7 Å². The maximum absolute atomic E-state index is 12.9. The van der Waals surface area contributed by atoms with Gasteiger partial charge in [0.25, 0.3) is 5.91 Å². The van der Waals surface area contributed by atoms with Gasteiger partial charge in [-0.05, 0) is 29.8 Å². The Bertz CT molecular complexity index is 967. The minimum absolute atomic E-state index is 0.0634. The number of halogens is 1. The number of hydrogen-bond acceptors (Lipinski definition) is 3. The predicted octanol–water partition coefficient (Wildman–Crippen LogP) is 3.21. The second-order valence-corrected chi connectivity index (χ2v) is 5.98. The van der Waals surface area contributed by atoms with E-state index in [-0.39, 0.29) is 24.1 Å². The van der Waals surface area contributed by atoms with Crippen molar-refractivity contribution in [2.24, 2.45) is 0 Å². The number of rotatable bonds is 4. The highest BCUT2D eigenvalue weighted by molar-refractivity contribution is 6.04. The average Bonchev–Trinajstić information content (AvgIpc) is 3.18. The highest BCUT2D eigenvalue weighted by Crippen LogP contribution is 2.35. The van der Waals surface area contributed by atoms with Crippen LogP contribution < -0.4 is 10.6 Å². The first-order valence-corrected chi connectivity index (χ1v) is 8.11. The largest absolute Gasteiger partial charge is 0.326 e. The summed E-state index contributed by atoms with van der Waals surface area (Å²) in [4.78, 5) is 24.6. The van der Waals surface area contributed by atoms with Crippen molar-refractivity contribution in [2.45, 2.75) is 12.5 Å². The molecule has 2 N–H and O–H groups in total. The van der Waals surface area contributed by atoms with Gasteiger partial charge in [-0.15, -0.1) is 0 Å². The van der Waals surface area contributed by atoms with E-state index in [1.54, 1.807) is 6.20 Å². The van der Waals surface area contributed by atoms with Crippen molar-refractivity contribution >= 4 is 23.3 Å². The lowest BCUT2D eigenvalue weighted by Crippen LogP contribution is -2.23. The molecule has 0 fully saturated rings. The van der Waals surface area contributed by atoms with E-state index in [2.05, 4.69) is 15.7 Å². The number of carbonyl (C=O) groups is 2. The van der Waals surface area contributed by atoms with Gasteiger partial charge in [0.05, 0.1) is 12.6 Å². The van der Waals surface area contributed by atoms with Crippen molar-refractivity contribution in [1.82, 2.24) is 9.78 Å². The van der Waals surface area contributed by atoms with E-state index in [0.717, 1.165) is 11.1 Å². The van der Waals surface area contributed by atoms with Crippen LogP contribution in [0.2, 0.25) is 0 Å². The molecule has 1 aliphatic heterocycles. The van der Waals surface area contributed by atoms with E-state index in [0.29, 0.717) is 11.5 Å². The minimum Gasteiger partial charge on any atom is -0.326 e. The van der Waals surface area contributed by atoms with Crippen LogP contribution in [0, 0.1) is 5.82 Å². The van der Waals surface area contributed by atoms with Crippen LogP contribution in [-0.4, -0.2) is 21.6 Å². The molecule has 7 heteroatoms. The van der Waals surface area contributed by atoms with Crippen molar-refractivity contribution in [1.29, 1.82) is 0 Å². The molecule has 0 aliphatic carbocycles. The Labute approximate surface area is 148 Å². The molecular formula is C19H15FN4O2. The number of fused-ring (bicyclic) bond motifs is 1. The van der Waals surface area contributed by atoms with Crippen LogP contribution in [0.1, 0.15) is 12.5 Å². The minimum atomic E-state index is -0.720. The molecule has 1 atom stereocenters. The fourth-order valence-electron chi connectivity index (χ4n) is 2.96. The van der Waals surface area contributed by atoms with Crippen molar-refractivity contribution in [3.63, 3.8) is 0 Å². The van der Waals surface area contributed by atoms with Gasteiger partial charge in [0, 0.05) is 11.3 Å². The number of nitrogens with zero attached hydrogens (tertiary/aromatic N) is 2. The van der Waals surface area contributed by atoms with Crippen LogP contribution in [0.5, 0.6) is 0 Å². The molecule has 1 aromatic heterocycles. The predicted molar refractivity (Wildman–Crippen MR) is 95.0 cm³/mol. The highest BCUT2D eigenvalue weighted by Gasteiger charge is 2.35. The van der Waals surface area contributed by atoms with Gasteiger partial charge in [0.2, 0.25) is 5.91 Å². The van der Waals surface area contributed by atoms with Crippen molar-refractivity contribution < 1.29 is 14.0 Å². The summed E-state index contributed by atoms with van der Waals surface area (Å²) in [5.41, 5.74) is 2.21. The summed E-state index contributed by atoms with van der Waals surface area (Å²) in [6.45, 7) is 0. The number of nitrogens with one attached hydrogen (secondary N) is 2. The first-order valence-electron chi connectivity index (χ1n) is 8.11. The molecule has 0 bridgehead atoms. The molecule has 4 rings (SSSR count). The zero-order valence-corrected chi connectivity index (χ0v) is 13.6. The molecule has 0 spiro atoms. The number of carbonyl (C=O) groups excluding carboxylic acids is 2. The van der Waals surface area contributed by atoms with Gasteiger partial charge < -0.3 is 10.6 Å². The summed E-state index contributed by atoms with van der Waals surface area (Å²) >= 11 is 0. The maximum Gasteiger partial charge on any atom is 0.251 e. The van der Waals surface area contributed by atoms with Gasteiger partial charge >= 0.3 is 0 Å². The molecule has 2 heterocycles. The Hall–Kier alpha value is -3.48. The molecule has 2 aromatic carbocycles.